The van der Waals surface area contributed by atoms with Gasteiger partial charge in [0.05, 0.1) is 0 Å². The first-order chi connectivity index (χ1) is 12.0. The molecule has 132 valence electrons. The van der Waals surface area contributed by atoms with Crippen LogP contribution in [0.25, 0.3) is 0 Å². The van der Waals surface area contributed by atoms with Crippen LogP contribution >= 0.6 is 0 Å². The minimum atomic E-state index is -0.270. The third kappa shape index (κ3) is 5.35. The van der Waals surface area contributed by atoms with Crippen LogP contribution in [0.15, 0.2) is 42.5 Å². The maximum absolute atomic E-state index is 12.1. The van der Waals surface area contributed by atoms with E-state index in [4.69, 9.17) is 4.74 Å². The van der Waals surface area contributed by atoms with Crippen molar-refractivity contribution in [3.63, 3.8) is 0 Å². The van der Waals surface area contributed by atoms with Gasteiger partial charge in [0.25, 0.3) is 11.8 Å². The molecule has 0 bridgehead atoms. The lowest BCUT2D eigenvalue weighted by atomic mass is 10.1. The van der Waals surface area contributed by atoms with Gasteiger partial charge in [-0.1, -0.05) is 31.2 Å². The van der Waals surface area contributed by atoms with Gasteiger partial charge in [-0.2, -0.15) is 0 Å². The molecule has 0 spiro atoms. The zero-order valence-corrected chi connectivity index (χ0v) is 14.9. The van der Waals surface area contributed by atoms with Crippen LogP contribution in [0, 0.1) is 13.8 Å². The molecule has 5 heteroatoms. The van der Waals surface area contributed by atoms with E-state index < -0.39 is 0 Å². The largest absolute Gasteiger partial charge is 0.483 e. The number of carbonyl (C=O) groups excluding carboxylic acids is 2. The Morgan fingerprint density at radius 2 is 1.72 bits per heavy atom. The molecular weight excluding hydrogens is 316 g/mol. The molecule has 0 saturated heterocycles. The number of para-hydroxylation sites is 1. The van der Waals surface area contributed by atoms with Crippen molar-refractivity contribution in [2.45, 2.75) is 27.2 Å². The van der Waals surface area contributed by atoms with Gasteiger partial charge >= 0.3 is 0 Å². The number of amides is 2. The summed E-state index contributed by atoms with van der Waals surface area (Å²) in [6, 6.07) is 12.7. The first kappa shape index (κ1) is 18.5. The van der Waals surface area contributed by atoms with E-state index in [1.54, 1.807) is 24.3 Å². The summed E-state index contributed by atoms with van der Waals surface area (Å²) in [5.74, 6) is 0.309. The second-order valence-corrected chi connectivity index (χ2v) is 5.89. The van der Waals surface area contributed by atoms with Gasteiger partial charge in [-0.25, -0.2) is 0 Å². The molecule has 5 nitrogen and oxygen atoms in total. The highest BCUT2D eigenvalue weighted by atomic mass is 16.5. The molecule has 0 aromatic heterocycles. The topological polar surface area (TPSA) is 67.4 Å². The summed E-state index contributed by atoms with van der Waals surface area (Å²) < 4.78 is 5.64. The van der Waals surface area contributed by atoms with E-state index >= 15 is 0 Å². The molecule has 2 aromatic rings. The van der Waals surface area contributed by atoms with Crippen molar-refractivity contribution in [1.29, 1.82) is 0 Å². The SMILES string of the molecule is CCCNC(=O)c1cccc(NC(=O)COc2c(C)cccc2C)c1. The summed E-state index contributed by atoms with van der Waals surface area (Å²) in [7, 11) is 0. The maximum atomic E-state index is 12.1. The van der Waals surface area contributed by atoms with E-state index in [0.29, 0.717) is 17.8 Å². The molecule has 0 fully saturated rings. The van der Waals surface area contributed by atoms with Crippen molar-refractivity contribution in [3.05, 3.63) is 59.2 Å². The van der Waals surface area contributed by atoms with Crippen LogP contribution in [0.4, 0.5) is 5.69 Å². The minimum Gasteiger partial charge on any atom is -0.483 e. The first-order valence-electron chi connectivity index (χ1n) is 8.38. The number of aryl methyl sites for hydroxylation is 2. The fraction of sp³-hybridized carbons (Fsp3) is 0.300. The summed E-state index contributed by atoms with van der Waals surface area (Å²) in [5.41, 5.74) is 3.06. The Labute approximate surface area is 148 Å². The molecule has 2 N–H and O–H groups in total. The van der Waals surface area contributed by atoms with Crippen LogP contribution < -0.4 is 15.4 Å². The fourth-order valence-corrected chi connectivity index (χ4v) is 2.44. The maximum Gasteiger partial charge on any atom is 0.262 e. The Kier molecular flexibility index (Phi) is 6.57. The van der Waals surface area contributed by atoms with E-state index in [1.807, 2.05) is 39.0 Å². The van der Waals surface area contributed by atoms with E-state index in [9.17, 15) is 9.59 Å². The lowest BCUT2D eigenvalue weighted by Crippen LogP contribution is -2.24. The molecule has 2 amide bonds. The standard InChI is InChI=1S/C20H24N2O3/c1-4-11-21-20(24)16-9-6-10-17(12-16)22-18(23)13-25-19-14(2)7-5-8-15(19)3/h5-10,12H,4,11,13H2,1-3H3,(H,21,24)(H,22,23). The summed E-state index contributed by atoms with van der Waals surface area (Å²) in [4.78, 5) is 24.1. The highest BCUT2D eigenvalue weighted by molar-refractivity contribution is 5.97. The second kappa shape index (κ2) is 8.87. The quantitative estimate of drug-likeness (QED) is 0.811. The first-order valence-corrected chi connectivity index (χ1v) is 8.38. The third-order valence-corrected chi connectivity index (χ3v) is 3.70. The number of nitrogens with one attached hydrogen (secondary N) is 2. The minimum absolute atomic E-state index is 0.0854. The van der Waals surface area contributed by atoms with Crippen LogP contribution in [-0.4, -0.2) is 25.0 Å². The van der Waals surface area contributed by atoms with Crippen molar-refractivity contribution < 1.29 is 14.3 Å². The van der Waals surface area contributed by atoms with Crippen molar-refractivity contribution in [2.75, 3.05) is 18.5 Å². The van der Waals surface area contributed by atoms with Gasteiger partial charge in [0.15, 0.2) is 6.61 Å². The number of anilines is 1. The molecule has 0 aliphatic rings. The van der Waals surface area contributed by atoms with Gasteiger partial charge in [0.1, 0.15) is 5.75 Å². The number of carbonyl (C=O) groups is 2. The van der Waals surface area contributed by atoms with Crippen molar-refractivity contribution in [3.8, 4) is 5.75 Å². The number of hydrogen-bond donors (Lipinski definition) is 2. The van der Waals surface area contributed by atoms with Gasteiger partial charge in [-0.3, -0.25) is 9.59 Å². The van der Waals surface area contributed by atoms with Gasteiger partial charge in [-0.15, -0.1) is 0 Å². The molecule has 0 saturated carbocycles. The average Bonchev–Trinajstić information content (AvgIpc) is 2.59. The highest BCUT2D eigenvalue weighted by Crippen LogP contribution is 2.22. The van der Waals surface area contributed by atoms with Crippen molar-refractivity contribution in [1.82, 2.24) is 5.32 Å². The van der Waals surface area contributed by atoms with E-state index in [0.717, 1.165) is 23.3 Å². The fourth-order valence-electron chi connectivity index (χ4n) is 2.44. The summed E-state index contributed by atoms with van der Waals surface area (Å²) in [6.45, 7) is 6.42. The molecule has 2 rings (SSSR count). The Bertz CT molecular complexity index is 736. The molecule has 0 aliphatic heterocycles. The molecule has 0 atom stereocenters. The number of benzene rings is 2. The predicted molar refractivity (Wildman–Crippen MR) is 99.1 cm³/mol. The number of ether oxygens (including phenoxy) is 1. The van der Waals surface area contributed by atoms with Gasteiger partial charge in [0.2, 0.25) is 0 Å². The van der Waals surface area contributed by atoms with E-state index in [-0.39, 0.29) is 18.4 Å². The summed E-state index contributed by atoms with van der Waals surface area (Å²) in [6.07, 6.45) is 0.873. The Morgan fingerprint density at radius 1 is 1.04 bits per heavy atom. The van der Waals surface area contributed by atoms with Gasteiger partial charge in [0, 0.05) is 17.8 Å². The Morgan fingerprint density at radius 3 is 2.40 bits per heavy atom. The van der Waals surface area contributed by atoms with Crippen LogP contribution in [0.3, 0.4) is 0 Å². The Hall–Kier alpha value is -2.82. The summed E-state index contributed by atoms with van der Waals surface area (Å²) >= 11 is 0. The number of rotatable bonds is 7. The Balaban J connectivity index is 1.95. The van der Waals surface area contributed by atoms with Gasteiger partial charge < -0.3 is 15.4 Å². The van der Waals surface area contributed by atoms with Crippen LogP contribution in [0.1, 0.15) is 34.8 Å². The molecule has 25 heavy (non-hydrogen) atoms. The zero-order chi connectivity index (χ0) is 18.2. The molecule has 0 radical (unpaired) electrons. The molecule has 0 heterocycles. The zero-order valence-electron chi connectivity index (χ0n) is 14.9. The average molecular weight is 340 g/mol. The lowest BCUT2D eigenvalue weighted by molar-refractivity contribution is -0.118. The third-order valence-electron chi connectivity index (χ3n) is 3.70. The monoisotopic (exact) mass is 340 g/mol. The molecule has 2 aromatic carbocycles. The molecule has 0 aliphatic carbocycles. The van der Waals surface area contributed by atoms with Crippen molar-refractivity contribution >= 4 is 17.5 Å². The predicted octanol–water partition coefficient (Wildman–Crippen LogP) is 3.46. The normalized spacial score (nSPS) is 10.2. The van der Waals surface area contributed by atoms with Crippen LogP contribution in [0.2, 0.25) is 0 Å². The smallest absolute Gasteiger partial charge is 0.262 e. The van der Waals surface area contributed by atoms with Crippen LogP contribution in [-0.2, 0) is 4.79 Å². The lowest BCUT2D eigenvalue weighted by Gasteiger charge is -2.12. The van der Waals surface area contributed by atoms with E-state index in [2.05, 4.69) is 10.6 Å². The van der Waals surface area contributed by atoms with Gasteiger partial charge in [-0.05, 0) is 49.6 Å². The van der Waals surface area contributed by atoms with E-state index in [1.165, 1.54) is 0 Å². The molecule has 0 unspecified atom stereocenters. The number of hydrogen-bond acceptors (Lipinski definition) is 3. The second-order valence-electron chi connectivity index (χ2n) is 5.89. The van der Waals surface area contributed by atoms with Crippen LogP contribution in [0.5, 0.6) is 5.75 Å². The highest BCUT2D eigenvalue weighted by Gasteiger charge is 2.09. The van der Waals surface area contributed by atoms with Crippen molar-refractivity contribution in [2.24, 2.45) is 0 Å². The summed E-state index contributed by atoms with van der Waals surface area (Å²) in [5, 5.41) is 5.57. The molecular formula is C20H24N2O3.